The minimum atomic E-state index is -3.67. The Kier molecular flexibility index (Phi) is 7.94. The zero-order valence-corrected chi connectivity index (χ0v) is 21.1. The van der Waals surface area contributed by atoms with Crippen LogP contribution in [0.3, 0.4) is 0 Å². The zero-order chi connectivity index (χ0) is 24.1. The number of benzene rings is 2. The van der Waals surface area contributed by atoms with Gasteiger partial charge in [0.2, 0.25) is 10.0 Å². The van der Waals surface area contributed by atoms with Gasteiger partial charge in [-0.2, -0.15) is 4.31 Å². The number of amides is 1. The SMILES string of the molecule is CC[C@H](NC(=O)c1cc(S(=O)(=O)N2CCCCCC2)ccc1OC)c1ccc2c(c1)CCCC2. The van der Waals surface area contributed by atoms with Crippen LogP contribution in [0.4, 0.5) is 0 Å². The van der Waals surface area contributed by atoms with Gasteiger partial charge in [-0.1, -0.05) is 38.0 Å². The highest BCUT2D eigenvalue weighted by Gasteiger charge is 2.27. The van der Waals surface area contributed by atoms with E-state index in [1.807, 2.05) is 6.92 Å². The molecule has 0 aromatic heterocycles. The van der Waals surface area contributed by atoms with Gasteiger partial charge in [-0.15, -0.1) is 0 Å². The summed E-state index contributed by atoms with van der Waals surface area (Å²) in [7, 11) is -2.17. The van der Waals surface area contributed by atoms with Crippen LogP contribution >= 0.6 is 0 Å². The molecule has 1 aliphatic carbocycles. The number of ether oxygens (including phenoxy) is 1. The first-order valence-electron chi connectivity index (χ1n) is 12.5. The Morgan fingerprint density at radius 2 is 1.68 bits per heavy atom. The molecule has 184 valence electrons. The Hall–Kier alpha value is -2.38. The lowest BCUT2D eigenvalue weighted by Gasteiger charge is -2.23. The van der Waals surface area contributed by atoms with Gasteiger partial charge in [-0.05, 0) is 79.8 Å². The van der Waals surface area contributed by atoms with Crippen LogP contribution in [0.5, 0.6) is 5.75 Å². The van der Waals surface area contributed by atoms with Gasteiger partial charge in [0.05, 0.1) is 23.6 Å². The maximum atomic E-state index is 13.4. The van der Waals surface area contributed by atoms with Crippen molar-refractivity contribution in [1.82, 2.24) is 9.62 Å². The van der Waals surface area contributed by atoms with E-state index < -0.39 is 10.0 Å². The summed E-state index contributed by atoms with van der Waals surface area (Å²) in [6.45, 7) is 3.08. The molecule has 0 radical (unpaired) electrons. The van der Waals surface area contributed by atoms with Crippen LogP contribution in [0.2, 0.25) is 0 Å². The maximum absolute atomic E-state index is 13.4. The number of aryl methyl sites for hydroxylation is 2. The van der Waals surface area contributed by atoms with Crippen LogP contribution in [-0.4, -0.2) is 38.8 Å². The average Bonchev–Trinajstić information content (AvgIpc) is 3.17. The molecule has 0 unspecified atom stereocenters. The molecule has 1 N–H and O–H groups in total. The van der Waals surface area contributed by atoms with Gasteiger partial charge >= 0.3 is 0 Å². The minimum absolute atomic E-state index is 0.141. The lowest BCUT2D eigenvalue weighted by molar-refractivity contribution is 0.0932. The second kappa shape index (κ2) is 10.9. The van der Waals surface area contributed by atoms with Gasteiger partial charge < -0.3 is 10.1 Å². The van der Waals surface area contributed by atoms with Crippen LogP contribution in [0.1, 0.15) is 85.0 Å². The van der Waals surface area contributed by atoms with Gasteiger partial charge in [-0.3, -0.25) is 4.79 Å². The second-order valence-electron chi connectivity index (χ2n) is 9.35. The van der Waals surface area contributed by atoms with Crippen LogP contribution < -0.4 is 10.1 Å². The number of hydrogen-bond acceptors (Lipinski definition) is 4. The number of nitrogens with zero attached hydrogens (tertiary/aromatic N) is 1. The first-order chi connectivity index (χ1) is 16.4. The molecule has 7 heteroatoms. The predicted molar refractivity (Wildman–Crippen MR) is 134 cm³/mol. The fourth-order valence-electron chi connectivity index (χ4n) is 5.08. The van der Waals surface area contributed by atoms with Crippen molar-refractivity contribution in [2.45, 2.75) is 75.6 Å². The quantitative estimate of drug-likeness (QED) is 0.599. The monoisotopic (exact) mass is 484 g/mol. The Labute approximate surface area is 203 Å². The third-order valence-corrected chi connectivity index (χ3v) is 9.00. The molecule has 1 aliphatic heterocycles. The maximum Gasteiger partial charge on any atom is 0.255 e. The smallest absolute Gasteiger partial charge is 0.255 e. The van der Waals surface area contributed by atoms with Crippen molar-refractivity contribution in [1.29, 1.82) is 0 Å². The highest BCUT2D eigenvalue weighted by molar-refractivity contribution is 7.89. The Bertz CT molecular complexity index is 1120. The van der Waals surface area contributed by atoms with Crippen LogP contribution in [0.25, 0.3) is 0 Å². The lowest BCUT2D eigenvalue weighted by atomic mass is 9.88. The molecule has 6 nitrogen and oxygen atoms in total. The van der Waals surface area contributed by atoms with E-state index in [9.17, 15) is 13.2 Å². The Morgan fingerprint density at radius 1 is 0.971 bits per heavy atom. The molecule has 4 rings (SSSR count). The molecule has 1 amide bonds. The number of carbonyl (C=O) groups is 1. The number of nitrogens with one attached hydrogen (secondary N) is 1. The molecule has 1 heterocycles. The van der Waals surface area contributed by atoms with Gasteiger partial charge in [0, 0.05) is 13.1 Å². The van der Waals surface area contributed by atoms with Crippen LogP contribution in [-0.2, 0) is 22.9 Å². The average molecular weight is 485 g/mol. The lowest BCUT2D eigenvalue weighted by Crippen LogP contribution is -2.32. The number of methoxy groups -OCH3 is 1. The standard InChI is InChI=1S/C27H36N2O4S/c1-3-25(22-13-12-20-10-6-7-11-21(20)18-22)28-27(30)24-19-23(14-15-26(24)33-2)34(31,32)29-16-8-4-5-9-17-29/h12-15,18-19,25H,3-11,16-17H2,1-2H3,(H,28,30)/t25-/m0/s1. The topological polar surface area (TPSA) is 75.7 Å². The van der Waals surface area contributed by atoms with Crippen molar-refractivity contribution in [3.63, 3.8) is 0 Å². The third-order valence-electron chi connectivity index (χ3n) is 7.11. The van der Waals surface area contributed by atoms with Gasteiger partial charge in [-0.25, -0.2) is 8.42 Å². The largest absolute Gasteiger partial charge is 0.496 e. The molecule has 0 saturated carbocycles. The van der Waals surface area contributed by atoms with E-state index in [0.29, 0.717) is 18.8 Å². The summed E-state index contributed by atoms with van der Waals surface area (Å²) in [5.74, 6) is 0.0435. The number of rotatable bonds is 7. The Morgan fingerprint density at radius 3 is 2.35 bits per heavy atom. The molecule has 2 aliphatic rings. The summed E-state index contributed by atoms with van der Waals surface area (Å²) < 4.78 is 33.6. The van der Waals surface area contributed by atoms with Crippen molar-refractivity contribution in [3.05, 3.63) is 58.7 Å². The van der Waals surface area contributed by atoms with E-state index >= 15 is 0 Å². The third kappa shape index (κ3) is 5.31. The van der Waals surface area contributed by atoms with Gasteiger partial charge in [0.25, 0.3) is 5.91 Å². The van der Waals surface area contributed by atoms with Crippen LogP contribution in [0, 0.1) is 0 Å². The summed E-state index contributed by atoms with van der Waals surface area (Å²) in [5, 5.41) is 3.12. The highest BCUT2D eigenvalue weighted by Crippen LogP contribution is 2.29. The van der Waals surface area contributed by atoms with E-state index in [1.165, 1.54) is 43.2 Å². The molecule has 1 fully saturated rings. The molecule has 34 heavy (non-hydrogen) atoms. The minimum Gasteiger partial charge on any atom is -0.496 e. The number of sulfonamides is 1. The molecule has 0 spiro atoms. The molecule has 2 aromatic carbocycles. The Balaban J connectivity index is 1.59. The van der Waals surface area contributed by atoms with Crippen molar-refractivity contribution >= 4 is 15.9 Å². The van der Waals surface area contributed by atoms with E-state index in [2.05, 4.69) is 23.5 Å². The molecular weight excluding hydrogens is 448 g/mol. The number of fused-ring (bicyclic) bond motifs is 1. The van der Waals surface area contributed by atoms with Gasteiger partial charge in [0.1, 0.15) is 5.75 Å². The van der Waals surface area contributed by atoms with Crippen molar-refractivity contribution in [2.24, 2.45) is 0 Å². The van der Waals surface area contributed by atoms with Crippen molar-refractivity contribution in [2.75, 3.05) is 20.2 Å². The molecule has 1 saturated heterocycles. The molecule has 2 aromatic rings. The second-order valence-corrected chi connectivity index (χ2v) is 11.3. The predicted octanol–water partition coefficient (Wildman–Crippen LogP) is 5.02. The summed E-state index contributed by atoms with van der Waals surface area (Å²) in [5.41, 5.74) is 4.11. The zero-order valence-electron chi connectivity index (χ0n) is 20.3. The van der Waals surface area contributed by atoms with E-state index in [-0.39, 0.29) is 22.4 Å². The normalized spacial score (nSPS) is 17.9. The highest BCUT2D eigenvalue weighted by atomic mass is 32.2. The first kappa shape index (κ1) is 24.7. The fourth-order valence-corrected chi connectivity index (χ4v) is 6.63. The van der Waals surface area contributed by atoms with Crippen molar-refractivity contribution < 1.29 is 17.9 Å². The molecule has 1 atom stereocenters. The summed E-state index contributed by atoms with van der Waals surface area (Å²) in [4.78, 5) is 13.5. The van der Waals surface area contributed by atoms with E-state index in [4.69, 9.17) is 4.74 Å². The van der Waals surface area contributed by atoms with Gasteiger partial charge in [0.15, 0.2) is 0 Å². The van der Waals surface area contributed by atoms with E-state index in [0.717, 1.165) is 50.5 Å². The molecular formula is C27H36N2O4S. The fraction of sp³-hybridized carbons (Fsp3) is 0.519. The van der Waals surface area contributed by atoms with Crippen LogP contribution in [0.15, 0.2) is 41.3 Å². The summed E-state index contributed by atoms with van der Waals surface area (Å²) in [6, 6.07) is 10.9. The number of carbonyl (C=O) groups excluding carboxylic acids is 1. The van der Waals surface area contributed by atoms with E-state index in [1.54, 1.807) is 10.4 Å². The first-order valence-corrected chi connectivity index (χ1v) is 14.0. The molecule has 0 bridgehead atoms. The van der Waals surface area contributed by atoms with Crippen molar-refractivity contribution in [3.8, 4) is 5.75 Å². The number of hydrogen-bond donors (Lipinski definition) is 1. The summed E-state index contributed by atoms with van der Waals surface area (Å²) >= 11 is 0. The summed E-state index contributed by atoms with van der Waals surface area (Å²) in [6.07, 6.45) is 9.19.